The summed E-state index contributed by atoms with van der Waals surface area (Å²) < 4.78 is 5.02. The van der Waals surface area contributed by atoms with Gasteiger partial charge in [0.15, 0.2) is 5.78 Å². The number of ketones is 1. The zero-order valence-corrected chi connectivity index (χ0v) is 9.50. The predicted octanol–water partition coefficient (Wildman–Crippen LogP) is 2.83. The van der Waals surface area contributed by atoms with Gasteiger partial charge in [-0.05, 0) is 12.1 Å². The first-order valence-electron chi connectivity index (χ1n) is 4.11. The molecule has 0 fully saturated rings. The summed E-state index contributed by atoms with van der Waals surface area (Å²) in [4.78, 5) is 11.7. The molecule has 2 nitrogen and oxygen atoms in total. The quantitative estimate of drug-likeness (QED) is 0.469. The summed E-state index contributed by atoms with van der Waals surface area (Å²) in [7, 11) is 1.57. The molecule has 0 bridgehead atoms. The Kier molecular flexibility index (Phi) is 3.89. The number of methoxy groups -OCH3 is 1. The van der Waals surface area contributed by atoms with E-state index in [0.717, 1.165) is 0 Å². The smallest absolute Gasteiger partial charge is 0.189 e. The second-order valence-electron chi connectivity index (χ2n) is 2.80. The largest absolute Gasteiger partial charge is 0.497 e. The van der Waals surface area contributed by atoms with E-state index in [1.807, 2.05) is 0 Å². The fraction of sp³-hybridized carbons (Fsp3) is 0.182. The Balaban J connectivity index is 2.95. The van der Waals surface area contributed by atoms with Crippen molar-refractivity contribution in [2.24, 2.45) is 0 Å². The highest BCUT2D eigenvalue weighted by Crippen LogP contribution is 2.15. The van der Waals surface area contributed by atoms with Crippen LogP contribution in [-0.2, 0) is 0 Å². The van der Waals surface area contributed by atoms with Crippen LogP contribution in [-0.4, -0.2) is 18.2 Å². The minimum atomic E-state index is -0.0548. The van der Waals surface area contributed by atoms with Gasteiger partial charge in [-0.1, -0.05) is 34.6 Å². The van der Waals surface area contributed by atoms with E-state index in [0.29, 0.717) is 22.2 Å². The molecule has 0 aliphatic heterocycles. The molecule has 0 saturated heterocycles. The van der Waals surface area contributed by atoms with Crippen LogP contribution in [0.3, 0.4) is 0 Å². The van der Waals surface area contributed by atoms with E-state index in [2.05, 4.69) is 22.5 Å². The molecule has 0 aliphatic rings. The fourth-order valence-corrected chi connectivity index (χ4v) is 1.28. The summed E-state index contributed by atoms with van der Waals surface area (Å²) in [6, 6.07) is 7.04. The summed E-state index contributed by atoms with van der Waals surface area (Å²) in [5, 5.41) is 0.489. The van der Waals surface area contributed by atoms with Crippen LogP contribution in [0.15, 0.2) is 36.4 Å². The van der Waals surface area contributed by atoms with E-state index in [4.69, 9.17) is 4.74 Å². The highest BCUT2D eigenvalue weighted by molar-refractivity contribution is 9.09. The van der Waals surface area contributed by atoms with Crippen molar-refractivity contribution in [3.8, 4) is 5.75 Å². The van der Waals surface area contributed by atoms with E-state index in [9.17, 15) is 4.79 Å². The average Bonchev–Trinajstić information content (AvgIpc) is 2.27. The second kappa shape index (κ2) is 4.96. The Morgan fingerprint density at radius 1 is 1.57 bits per heavy atom. The predicted molar refractivity (Wildman–Crippen MR) is 60.3 cm³/mol. The van der Waals surface area contributed by atoms with Gasteiger partial charge in [0.1, 0.15) is 5.75 Å². The van der Waals surface area contributed by atoms with E-state index in [1.54, 1.807) is 31.4 Å². The van der Waals surface area contributed by atoms with Crippen molar-refractivity contribution in [1.82, 2.24) is 0 Å². The second-order valence-corrected chi connectivity index (χ2v) is 3.36. The van der Waals surface area contributed by atoms with Gasteiger partial charge in [-0.25, -0.2) is 0 Å². The number of benzene rings is 1. The Bertz CT molecular complexity index is 358. The highest BCUT2D eigenvalue weighted by atomic mass is 79.9. The summed E-state index contributed by atoms with van der Waals surface area (Å²) in [5.41, 5.74) is 1.15. The van der Waals surface area contributed by atoms with Crippen molar-refractivity contribution in [1.29, 1.82) is 0 Å². The number of allylic oxidation sites excluding steroid dienone is 1. The lowest BCUT2D eigenvalue weighted by atomic mass is 10.1. The molecule has 0 unspecified atom stereocenters. The van der Waals surface area contributed by atoms with Gasteiger partial charge in [0.2, 0.25) is 0 Å². The van der Waals surface area contributed by atoms with Crippen molar-refractivity contribution in [3.63, 3.8) is 0 Å². The van der Waals surface area contributed by atoms with E-state index < -0.39 is 0 Å². The molecule has 0 aromatic heterocycles. The van der Waals surface area contributed by atoms with Gasteiger partial charge in [-0.2, -0.15) is 0 Å². The van der Waals surface area contributed by atoms with Crippen LogP contribution < -0.4 is 4.74 Å². The number of Topliss-reactive ketones (excluding diaryl/α,β-unsaturated/α-hetero) is 1. The average molecular weight is 255 g/mol. The van der Waals surface area contributed by atoms with Crippen LogP contribution in [0.2, 0.25) is 0 Å². The van der Waals surface area contributed by atoms with Gasteiger partial charge in [0.25, 0.3) is 0 Å². The minimum absolute atomic E-state index is 0.0548. The molecule has 0 N–H and O–H groups in total. The standard InChI is InChI=1S/C11H11BrO2/c1-8(7-12)11(13)9-4-3-5-10(6-9)14-2/h3-6H,1,7H2,2H3. The lowest BCUT2D eigenvalue weighted by molar-refractivity contribution is 0.103. The third-order valence-electron chi connectivity index (χ3n) is 1.81. The van der Waals surface area contributed by atoms with Gasteiger partial charge < -0.3 is 4.74 Å². The van der Waals surface area contributed by atoms with E-state index in [1.165, 1.54) is 0 Å². The minimum Gasteiger partial charge on any atom is -0.497 e. The van der Waals surface area contributed by atoms with Crippen molar-refractivity contribution in [2.45, 2.75) is 0 Å². The molecule has 1 aromatic rings. The van der Waals surface area contributed by atoms with Gasteiger partial charge in [-0.3, -0.25) is 4.79 Å². The van der Waals surface area contributed by atoms with Crippen molar-refractivity contribution in [3.05, 3.63) is 42.0 Å². The molecule has 0 radical (unpaired) electrons. The lowest BCUT2D eigenvalue weighted by Crippen LogP contribution is -2.03. The lowest BCUT2D eigenvalue weighted by Gasteiger charge is -2.03. The van der Waals surface area contributed by atoms with Crippen molar-refractivity contribution in [2.75, 3.05) is 12.4 Å². The van der Waals surface area contributed by atoms with Gasteiger partial charge in [0, 0.05) is 16.5 Å². The molecule has 1 rings (SSSR count). The van der Waals surface area contributed by atoms with Crippen molar-refractivity contribution >= 4 is 21.7 Å². The number of carbonyl (C=O) groups excluding carboxylic acids is 1. The maximum absolute atomic E-state index is 11.7. The zero-order chi connectivity index (χ0) is 10.6. The number of carbonyl (C=O) groups is 1. The van der Waals surface area contributed by atoms with Gasteiger partial charge in [-0.15, -0.1) is 0 Å². The third-order valence-corrected chi connectivity index (χ3v) is 2.49. The Labute approximate surface area is 91.7 Å². The number of halogens is 1. The first-order chi connectivity index (χ1) is 6.69. The summed E-state index contributed by atoms with van der Waals surface area (Å²) >= 11 is 3.20. The number of alkyl halides is 1. The molecule has 74 valence electrons. The summed E-state index contributed by atoms with van der Waals surface area (Å²) in [5.74, 6) is 0.624. The first kappa shape index (κ1) is 11.0. The molecule has 0 atom stereocenters. The topological polar surface area (TPSA) is 26.3 Å². The van der Waals surface area contributed by atoms with Crippen LogP contribution in [0.1, 0.15) is 10.4 Å². The Morgan fingerprint density at radius 2 is 2.29 bits per heavy atom. The van der Waals surface area contributed by atoms with E-state index in [-0.39, 0.29) is 5.78 Å². The highest BCUT2D eigenvalue weighted by Gasteiger charge is 2.09. The Morgan fingerprint density at radius 3 is 2.86 bits per heavy atom. The molecular weight excluding hydrogens is 244 g/mol. The molecule has 14 heavy (non-hydrogen) atoms. The van der Waals surface area contributed by atoms with Crippen LogP contribution in [0.5, 0.6) is 5.75 Å². The summed E-state index contributed by atoms with van der Waals surface area (Å²) in [6.45, 7) is 3.67. The van der Waals surface area contributed by atoms with Crippen LogP contribution in [0.4, 0.5) is 0 Å². The molecule has 3 heteroatoms. The number of hydrogen-bond acceptors (Lipinski definition) is 2. The van der Waals surface area contributed by atoms with Crippen LogP contribution >= 0.6 is 15.9 Å². The van der Waals surface area contributed by atoms with Gasteiger partial charge in [0.05, 0.1) is 7.11 Å². The molecule has 0 spiro atoms. The number of rotatable bonds is 4. The first-order valence-corrected chi connectivity index (χ1v) is 5.23. The number of hydrogen-bond donors (Lipinski definition) is 0. The fourth-order valence-electron chi connectivity index (χ4n) is 1.03. The van der Waals surface area contributed by atoms with Crippen LogP contribution in [0, 0.1) is 0 Å². The molecule has 0 saturated carbocycles. The maximum atomic E-state index is 11.7. The maximum Gasteiger partial charge on any atom is 0.189 e. The molecule has 0 heterocycles. The SMILES string of the molecule is C=C(CBr)C(=O)c1cccc(OC)c1. The monoisotopic (exact) mass is 254 g/mol. The molecule has 1 aromatic carbocycles. The molecule has 0 amide bonds. The zero-order valence-electron chi connectivity index (χ0n) is 7.92. The summed E-state index contributed by atoms with van der Waals surface area (Å²) in [6.07, 6.45) is 0. The van der Waals surface area contributed by atoms with Crippen LogP contribution in [0.25, 0.3) is 0 Å². The number of ether oxygens (including phenoxy) is 1. The molecular formula is C11H11BrO2. The van der Waals surface area contributed by atoms with Crippen molar-refractivity contribution < 1.29 is 9.53 Å². The van der Waals surface area contributed by atoms with E-state index >= 15 is 0 Å². The molecule has 0 aliphatic carbocycles. The third kappa shape index (κ3) is 2.45. The Hall–Kier alpha value is -1.09. The van der Waals surface area contributed by atoms with Gasteiger partial charge >= 0.3 is 0 Å². The normalized spacial score (nSPS) is 9.57.